The molecule has 1 radical (unpaired) electrons. The Morgan fingerprint density at radius 3 is 2.26 bits per heavy atom. The molecule has 0 unspecified atom stereocenters. The minimum atomic E-state index is -0.959. The largest absolute Gasteiger partial charge is 0.540 e. The number of carbonyl (C=O) groups is 1. The third-order valence-electron chi connectivity index (χ3n) is 2.67. The first-order valence-corrected chi connectivity index (χ1v) is 8.95. The summed E-state index contributed by atoms with van der Waals surface area (Å²) in [4.78, 5) is 11.2. The van der Waals surface area contributed by atoms with E-state index < -0.39 is 9.04 Å². The van der Waals surface area contributed by atoms with E-state index in [-0.39, 0.29) is 5.41 Å². The Kier molecular flexibility index (Phi) is 5.17. The highest BCUT2D eigenvalue weighted by molar-refractivity contribution is 6.49. The number of carbonyl (C=O) groups excluding carboxylic acids is 1. The fourth-order valence-corrected chi connectivity index (χ4v) is 2.48. The molecule has 1 aromatic rings. The average Bonchev–Trinajstić information content (AvgIpc) is 2.29. The van der Waals surface area contributed by atoms with Gasteiger partial charge in [0, 0.05) is 5.56 Å². The second-order valence-electron chi connectivity index (χ2n) is 5.67. The van der Waals surface area contributed by atoms with Crippen molar-refractivity contribution >= 4 is 15.3 Å². The minimum Gasteiger partial charge on any atom is -0.540 e. The molecule has 0 fully saturated rings. The van der Waals surface area contributed by atoms with E-state index in [9.17, 15) is 4.79 Å². The molecule has 0 aliphatic carbocycles. The maximum absolute atomic E-state index is 11.2. The van der Waals surface area contributed by atoms with Crippen molar-refractivity contribution in [2.45, 2.75) is 46.2 Å². The maximum Gasteiger partial charge on any atom is 0.274 e. The monoisotopic (exact) mass is 279 g/mol. The van der Waals surface area contributed by atoms with Gasteiger partial charge in [-0.1, -0.05) is 26.8 Å². The van der Waals surface area contributed by atoms with Crippen LogP contribution in [-0.2, 0) is 5.41 Å². The Morgan fingerprint density at radius 1 is 1.21 bits per heavy atom. The van der Waals surface area contributed by atoms with Crippen molar-refractivity contribution in [1.82, 2.24) is 0 Å². The highest BCUT2D eigenvalue weighted by Gasteiger charge is 2.24. The Morgan fingerprint density at radius 2 is 1.84 bits per heavy atom. The molecule has 0 aliphatic heterocycles. The molecule has 0 aliphatic rings. The second-order valence-corrected chi connectivity index (χ2v) is 7.69. The molecule has 0 atom stereocenters. The summed E-state index contributed by atoms with van der Waals surface area (Å²) in [6.45, 7) is 12.9. The van der Waals surface area contributed by atoms with Crippen molar-refractivity contribution in [3.8, 4) is 11.5 Å². The molecule has 4 heteroatoms. The molecule has 19 heavy (non-hydrogen) atoms. The molecular formula is C15H23O3Si. The number of aldehydes is 1. The van der Waals surface area contributed by atoms with Gasteiger partial charge in [0.25, 0.3) is 9.04 Å². The standard InChI is InChI=1S/C15H23O3Si/c1-7-17-14-12(15(2,3)4)9-8-11(10-16)13(14)18-19(5)6/h8-10H,7H2,1-6H3. The molecule has 0 saturated carbocycles. The molecule has 0 amide bonds. The van der Waals surface area contributed by atoms with E-state index in [1.807, 2.05) is 32.2 Å². The van der Waals surface area contributed by atoms with Crippen molar-refractivity contribution in [3.05, 3.63) is 23.3 Å². The molecular weight excluding hydrogens is 256 g/mol. The van der Waals surface area contributed by atoms with E-state index >= 15 is 0 Å². The molecule has 105 valence electrons. The molecule has 0 aromatic heterocycles. The third-order valence-corrected chi connectivity index (χ3v) is 3.28. The van der Waals surface area contributed by atoms with Gasteiger partial charge in [0.2, 0.25) is 0 Å². The van der Waals surface area contributed by atoms with Gasteiger partial charge in [-0.05, 0) is 31.5 Å². The normalized spacial score (nSPS) is 11.5. The first-order valence-electron chi connectivity index (χ1n) is 6.54. The molecule has 0 bridgehead atoms. The van der Waals surface area contributed by atoms with E-state index in [1.54, 1.807) is 0 Å². The van der Waals surface area contributed by atoms with Gasteiger partial charge < -0.3 is 9.16 Å². The summed E-state index contributed by atoms with van der Waals surface area (Å²) in [5, 5.41) is 0. The van der Waals surface area contributed by atoms with Crippen LogP contribution in [0.4, 0.5) is 0 Å². The Balaban J connectivity index is 3.47. The quantitative estimate of drug-likeness (QED) is 0.607. The lowest BCUT2D eigenvalue weighted by Gasteiger charge is -2.26. The fraction of sp³-hybridized carbons (Fsp3) is 0.533. The zero-order valence-corrected chi connectivity index (χ0v) is 13.7. The van der Waals surface area contributed by atoms with Gasteiger partial charge in [0.1, 0.15) is 0 Å². The smallest absolute Gasteiger partial charge is 0.274 e. The van der Waals surface area contributed by atoms with Crippen LogP contribution in [0.3, 0.4) is 0 Å². The predicted molar refractivity (Wildman–Crippen MR) is 79.8 cm³/mol. The van der Waals surface area contributed by atoms with Gasteiger partial charge >= 0.3 is 0 Å². The van der Waals surface area contributed by atoms with Gasteiger partial charge in [0.15, 0.2) is 17.8 Å². The van der Waals surface area contributed by atoms with Crippen molar-refractivity contribution in [1.29, 1.82) is 0 Å². The molecule has 1 rings (SSSR count). The molecule has 0 N–H and O–H groups in total. The summed E-state index contributed by atoms with van der Waals surface area (Å²) >= 11 is 0. The number of rotatable bonds is 5. The summed E-state index contributed by atoms with van der Waals surface area (Å²) < 4.78 is 11.7. The van der Waals surface area contributed by atoms with Crippen LogP contribution in [0.25, 0.3) is 0 Å². The van der Waals surface area contributed by atoms with Gasteiger partial charge in [0.05, 0.1) is 12.2 Å². The molecule has 0 heterocycles. The first-order chi connectivity index (χ1) is 8.81. The zero-order valence-electron chi connectivity index (χ0n) is 12.7. The lowest BCUT2D eigenvalue weighted by Crippen LogP contribution is -2.18. The van der Waals surface area contributed by atoms with Crippen molar-refractivity contribution in [2.24, 2.45) is 0 Å². The lowest BCUT2D eigenvalue weighted by molar-refractivity contribution is 0.112. The summed E-state index contributed by atoms with van der Waals surface area (Å²) in [7, 11) is -0.959. The predicted octanol–water partition coefficient (Wildman–Crippen LogP) is 3.83. The minimum absolute atomic E-state index is 0.0571. The number of benzene rings is 1. The molecule has 1 aromatic carbocycles. The first kappa shape index (κ1) is 15.8. The van der Waals surface area contributed by atoms with E-state index in [1.165, 1.54) is 0 Å². The van der Waals surface area contributed by atoms with Gasteiger partial charge in [-0.3, -0.25) is 4.79 Å². The van der Waals surface area contributed by atoms with E-state index in [0.29, 0.717) is 23.7 Å². The molecule has 3 nitrogen and oxygen atoms in total. The van der Waals surface area contributed by atoms with Crippen LogP contribution < -0.4 is 9.16 Å². The van der Waals surface area contributed by atoms with Gasteiger partial charge in [-0.2, -0.15) is 0 Å². The number of hydrogen-bond donors (Lipinski definition) is 0. The maximum atomic E-state index is 11.2. The number of ether oxygens (including phenoxy) is 1. The lowest BCUT2D eigenvalue weighted by atomic mass is 9.85. The number of hydrogen-bond acceptors (Lipinski definition) is 3. The van der Waals surface area contributed by atoms with Crippen LogP contribution in [0.15, 0.2) is 12.1 Å². The fourth-order valence-electron chi connectivity index (χ4n) is 1.86. The Hall–Kier alpha value is -1.29. The van der Waals surface area contributed by atoms with Gasteiger partial charge in [-0.25, -0.2) is 0 Å². The average molecular weight is 279 g/mol. The zero-order chi connectivity index (χ0) is 14.6. The Labute approximate surface area is 117 Å². The van der Waals surface area contributed by atoms with Crippen LogP contribution in [0.5, 0.6) is 11.5 Å². The second kappa shape index (κ2) is 6.24. The summed E-state index contributed by atoms with van der Waals surface area (Å²) in [6.07, 6.45) is 0.828. The van der Waals surface area contributed by atoms with Crippen LogP contribution in [0.1, 0.15) is 43.6 Å². The highest BCUT2D eigenvalue weighted by atomic mass is 28.3. The SMILES string of the molecule is CCOc1c(C(C)(C)C)ccc(C=O)c1O[Si](C)C. The van der Waals surface area contributed by atoms with Crippen LogP contribution in [-0.4, -0.2) is 21.9 Å². The van der Waals surface area contributed by atoms with Crippen LogP contribution in [0, 0.1) is 0 Å². The van der Waals surface area contributed by atoms with E-state index in [4.69, 9.17) is 9.16 Å². The van der Waals surface area contributed by atoms with E-state index in [2.05, 4.69) is 20.8 Å². The van der Waals surface area contributed by atoms with Crippen molar-refractivity contribution < 1.29 is 14.0 Å². The molecule has 0 saturated heterocycles. The summed E-state index contributed by atoms with van der Waals surface area (Å²) in [5.41, 5.74) is 1.57. The Bertz CT molecular complexity index is 447. The van der Waals surface area contributed by atoms with E-state index in [0.717, 1.165) is 11.8 Å². The summed E-state index contributed by atoms with van der Waals surface area (Å²) in [5.74, 6) is 1.31. The summed E-state index contributed by atoms with van der Waals surface area (Å²) in [6, 6.07) is 3.77. The van der Waals surface area contributed by atoms with Crippen molar-refractivity contribution in [2.75, 3.05) is 6.61 Å². The highest BCUT2D eigenvalue weighted by Crippen LogP contribution is 2.40. The van der Waals surface area contributed by atoms with Crippen LogP contribution in [0.2, 0.25) is 13.1 Å². The van der Waals surface area contributed by atoms with Crippen molar-refractivity contribution in [3.63, 3.8) is 0 Å². The van der Waals surface area contributed by atoms with Gasteiger partial charge in [-0.15, -0.1) is 0 Å². The van der Waals surface area contributed by atoms with Crippen LogP contribution >= 0.6 is 0 Å². The third kappa shape index (κ3) is 3.83. The topological polar surface area (TPSA) is 35.5 Å². The molecule has 0 spiro atoms.